The van der Waals surface area contributed by atoms with Crippen LogP contribution >= 0.6 is 11.3 Å². The van der Waals surface area contributed by atoms with Gasteiger partial charge in [-0.1, -0.05) is 96.3 Å². The average molecular weight is 595 g/mol. The van der Waals surface area contributed by atoms with E-state index < -0.39 is 6.04 Å². The van der Waals surface area contributed by atoms with E-state index in [0.29, 0.717) is 21.3 Å². The van der Waals surface area contributed by atoms with Crippen LogP contribution in [0.1, 0.15) is 40.3 Å². The summed E-state index contributed by atoms with van der Waals surface area (Å²) in [5, 5.41) is 12.8. The minimum Gasteiger partial charge on any atom is -0.354 e. The van der Waals surface area contributed by atoms with Gasteiger partial charge in [0.1, 0.15) is 0 Å². The zero-order valence-corrected chi connectivity index (χ0v) is 24.6. The topological polar surface area (TPSA) is 93.3 Å². The third-order valence-electron chi connectivity index (χ3n) is 8.69. The molecule has 2 aromatic heterocycles. The summed E-state index contributed by atoms with van der Waals surface area (Å²) >= 11 is 1.36. The summed E-state index contributed by atoms with van der Waals surface area (Å²) in [4.78, 5) is 35.1. The number of nitro groups is 1. The fraction of sp³-hybridized carbons (Fsp3) is 0.111. The van der Waals surface area contributed by atoms with Crippen molar-refractivity contribution in [1.29, 1.82) is 0 Å². The van der Waals surface area contributed by atoms with Gasteiger partial charge in [0.2, 0.25) is 0 Å². The van der Waals surface area contributed by atoms with Crippen molar-refractivity contribution in [2.75, 3.05) is 0 Å². The lowest BCUT2D eigenvalue weighted by atomic mass is 9.83. The number of rotatable bonds is 4. The summed E-state index contributed by atoms with van der Waals surface area (Å²) in [5.74, 6) is 0. The van der Waals surface area contributed by atoms with Gasteiger partial charge in [-0.25, -0.2) is 4.99 Å². The summed E-state index contributed by atoms with van der Waals surface area (Å²) in [7, 11) is 0. The van der Waals surface area contributed by atoms with Gasteiger partial charge in [0.15, 0.2) is 4.80 Å². The fourth-order valence-corrected chi connectivity index (χ4v) is 7.61. The van der Waals surface area contributed by atoms with Crippen molar-refractivity contribution < 1.29 is 4.92 Å². The van der Waals surface area contributed by atoms with E-state index in [0.717, 1.165) is 56.5 Å². The van der Waals surface area contributed by atoms with E-state index in [4.69, 9.17) is 4.99 Å². The SMILES string of the molecule is Cc1cccc2c(/C=c3\sc4n(c3=O)C(c3cccc([N+](=O)[O-])c3)C3=C(N=4)c4ccccc4CC3)c(-c3ccccc3)[nH]c12. The number of para-hydroxylation sites is 1. The molecule has 0 fully saturated rings. The lowest BCUT2D eigenvalue weighted by Gasteiger charge is -2.30. The second-order valence-electron chi connectivity index (χ2n) is 11.2. The summed E-state index contributed by atoms with van der Waals surface area (Å²) in [5.41, 5.74) is 9.78. The van der Waals surface area contributed by atoms with Gasteiger partial charge in [-0.3, -0.25) is 19.5 Å². The van der Waals surface area contributed by atoms with E-state index in [1.54, 1.807) is 16.7 Å². The van der Waals surface area contributed by atoms with Crippen LogP contribution in [0.2, 0.25) is 0 Å². The number of aromatic nitrogens is 2. The maximum absolute atomic E-state index is 14.4. The minimum atomic E-state index is -0.490. The quantitative estimate of drug-likeness (QED) is 0.182. The molecule has 44 heavy (non-hydrogen) atoms. The number of fused-ring (bicyclic) bond motifs is 4. The van der Waals surface area contributed by atoms with Crippen molar-refractivity contribution in [3.63, 3.8) is 0 Å². The van der Waals surface area contributed by atoms with Gasteiger partial charge in [0, 0.05) is 34.2 Å². The summed E-state index contributed by atoms with van der Waals surface area (Å²) < 4.78 is 2.30. The number of nitrogens with one attached hydrogen (secondary N) is 1. The van der Waals surface area contributed by atoms with Crippen LogP contribution in [-0.2, 0) is 6.42 Å². The molecule has 1 aliphatic heterocycles. The van der Waals surface area contributed by atoms with E-state index in [9.17, 15) is 14.9 Å². The molecule has 4 aromatic carbocycles. The van der Waals surface area contributed by atoms with Crippen LogP contribution in [0.4, 0.5) is 5.69 Å². The molecule has 0 bridgehead atoms. The molecule has 0 saturated heterocycles. The highest BCUT2D eigenvalue weighted by atomic mass is 32.1. The van der Waals surface area contributed by atoms with Gasteiger partial charge in [0.05, 0.1) is 26.9 Å². The fourth-order valence-electron chi connectivity index (χ4n) is 6.63. The Kier molecular flexibility index (Phi) is 6.06. The summed E-state index contributed by atoms with van der Waals surface area (Å²) in [6.07, 6.45) is 3.51. The number of non-ortho nitro benzene ring substituents is 1. The number of nitro benzene ring substituents is 1. The number of benzene rings is 4. The van der Waals surface area contributed by atoms with Crippen LogP contribution in [0, 0.1) is 17.0 Å². The molecule has 1 unspecified atom stereocenters. The Morgan fingerprint density at radius 2 is 1.77 bits per heavy atom. The Labute approximate surface area is 255 Å². The van der Waals surface area contributed by atoms with E-state index in [1.165, 1.54) is 23.0 Å². The smallest absolute Gasteiger partial charge is 0.271 e. The van der Waals surface area contributed by atoms with Crippen molar-refractivity contribution >= 4 is 39.7 Å². The lowest BCUT2D eigenvalue weighted by molar-refractivity contribution is -0.384. The summed E-state index contributed by atoms with van der Waals surface area (Å²) in [6, 6.07) is 30.7. The van der Waals surface area contributed by atoms with Crippen molar-refractivity contribution in [3.05, 3.63) is 160 Å². The number of hydrogen-bond acceptors (Lipinski definition) is 5. The number of hydrogen-bond donors (Lipinski definition) is 1. The van der Waals surface area contributed by atoms with Crippen molar-refractivity contribution in [1.82, 2.24) is 9.55 Å². The third-order valence-corrected chi connectivity index (χ3v) is 9.67. The Morgan fingerprint density at radius 3 is 2.61 bits per heavy atom. The van der Waals surface area contributed by atoms with Gasteiger partial charge in [-0.2, -0.15) is 0 Å². The number of aromatic amines is 1. The number of allylic oxidation sites excluding steroid dienone is 1. The summed E-state index contributed by atoms with van der Waals surface area (Å²) in [6.45, 7) is 2.08. The molecule has 6 aromatic rings. The molecule has 214 valence electrons. The van der Waals surface area contributed by atoms with Gasteiger partial charge in [0.25, 0.3) is 11.2 Å². The molecule has 7 nitrogen and oxygen atoms in total. The van der Waals surface area contributed by atoms with Gasteiger partial charge in [-0.15, -0.1) is 0 Å². The second kappa shape index (κ2) is 10.1. The Morgan fingerprint density at radius 1 is 0.977 bits per heavy atom. The van der Waals surface area contributed by atoms with Crippen molar-refractivity contribution in [3.8, 4) is 11.3 Å². The highest BCUT2D eigenvalue weighted by molar-refractivity contribution is 7.07. The molecule has 1 atom stereocenters. The highest BCUT2D eigenvalue weighted by Gasteiger charge is 2.33. The predicted octanol–water partition coefficient (Wildman–Crippen LogP) is 6.68. The molecule has 8 heteroatoms. The normalized spacial score (nSPS) is 15.9. The largest absolute Gasteiger partial charge is 0.354 e. The first kappa shape index (κ1) is 26.3. The van der Waals surface area contributed by atoms with Crippen molar-refractivity contribution in [2.45, 2.75) is 25.8 Å². The Balaban J connectivity index is 1.41. The molecule has 0 saturated carbocycles. The van der Waals surface area contributed by atoms with Crippen LogP contribution in [0.15, 0.2) is 112 Å². The average Bonchev–Trinajstić information content (AvgIpc) is 3.58. The number of H-pyrrole nitrogens is 1. The molecule has 2 aliphatic rings. The first-order valence-corrected chi connectivity index (χ1v) is 15.3. The van der Waals surface area contributed by atoms with Crippen LogP contribution in [0.5, 0.6) is 0 Å². The van der Waals surface area contributed by atoms with E-state index in [-0.39, 0.29) is 16.2 Å². The van der Waals surface area contributed by atoms with E-state index >= 15 is 0 Å². The van der Waals surface area contributed by atoms with E-state index in [1.807, 2.05) is 48.5 Å². The van der Waals surface area contributed by atoms with Crippen LogP contribution in [-0.4, -0.2) is 14.5 Å². The predicted molar refractivity (Wildman–Crippen MR) is 174 cm³/mol. The van der Waals surface area contributed by atoms with Crippen LogP contribution in [0.3, 0.4) is 0 Å². The van der Waals surface area contributed by atoms with Gasteiger partial charge >= 0.3 is 0 Å². The first-order chi connectivity index (χ1) is 21.5. The Bertz CT molecular complexity index is 2360. The third kappa shape index (κ3) is 4.10. The molecule has 0 radical (unpaired) electrons. The zero-order chi connectivity index (χ0) is 29.9. The number of nitrogens with zero attached hydrogens (tertiary/aromatic N) is 3. The first-order valence-electron chi connectivity index (χ1n) is 14.5. The standard InChI is InChI=1S/C36H26N4O3S/c1-21-9-7-16-27-29(32(37-31(21)27)23-11-3-2-4-12-23)20-30-35(41)39-34(24-13-8-14-25(19-24)40(42)43)28-18-17-22-10-5-6-15-26(22)33(28)38-36(39)44-30/h2-16,19-20,34,37H,17-18H2,1H3/b30-20-. The molecular formula is C36H26N4O3S. The van der Waals surface area contributed by atoms with Gasteiger partial charge in [-0.05, 0) is 53.7 Å². The molecule has 0 spiro atoms. The maximum Gasteiger partial charge on any atom is 0.271 e. The van der Waals surface area contributed by atoms with Crippen LogP contribution in [0.25, 0.3) is 33.9 Å². The molecular weight excluding hydrogens is 568 g/mol. The van der Waals surface area contributed by atoms with Crippen LogP contribution < -0.4 is 14.9 Å². The molecule has 0 amide bonds. The monoisotopic (exact) mass is 594 g/mol. The zero-order valence-electron chi connectivity index (χ0n) is 23.8. The minimum absolute atomic E-state index is 0.00153. The van der Waals surface area contributed by atoms with E-state index in [2.05, 4.69) is 48.3 Å². The maximum atomic E-state index is 14.4. The lowest BCUT2D eigenvalue weighted by Crippen LogP contribution is -2.38. The second-order valence-corrected chi connectivity index (χ2v) is 12.3. The molecule has 8 rings (SSSR count). The molecule has 1 N–H and O–H groups in total. The molecule has 3 heterocycles. The van der Waals surface area contributed by atoms with Gasteiger partial charge < -0.3 is 4.98 Å². The highest BCUT2D eigenvalue weighted by Crippen LogP contribution is 2.42. The van der Waals surface area contributed by atoms with Crippen molar-refractivity contribution in [2.24, 2.45) is 4.99 Å². The number of thiazole rings is 1. The Hall–Kier alpha value is -5.34. The molecule has 1 aliphatic carbocycles. The number of aryl methyl sites for hydroxylation is 2.